The Morgan fingerprint density at radius 1 is 1.46 bits per heavy atom. The molecule has 2 N–H and O–H groups in total. The number of hydrogen-bond donors (Lipinski definition) is 1. The van der Waals surface area contributed by atoms with Crippen molar-refractivity contribution in [2.24, 2.45) is 0 Å². The Hall–Kier alpha value is -2.35. The molecule has 0 aliphatic heterocycles. The van der Waals surface area contributed by atoms with Crippen molar-refractivity contribution in [1.82, 2.24) is 19.8 Å². The number of halogens is 1. The van der Waals surface area contributed by atoms with E-state index in [-0.39, 0.29) is 17.5 Å². The predicted octanol–water partition coefficient (Wildman–Crippen LogP) is 2.31. The quantitative estimate of drug-likeness (QED) is 0.471. The molecule has 1 aromatic carbocycles. The van der Waals surface area contributed by atoms with Gasteiger partial charge in [0, 0.05) is 18.7 Å². The molecule has 0 atom stereocenters. The largest absolute Gasteiger partial charge is 0.338 e. The van der Waals surface area contributed by atoms with Crippen LogP contribution in [0, 0.1) is 5.82 Å². The van der Waals surface area contributed by atoms with Crippen LogP contribution in [0.4, 0.5) is 4.39 Å². The fourth-order valence-electron chi connectivity index (χ4n) is 2.12. The number of likely N-dealkylation sites (N-methyl/N-ethyl adjacent to an activating group) is 1. The minimum Gasteiger partial charge on any atom is -0.338 e. The first-order chi connectivity index (χ1) is 11.4. The van der Waals surface area contributed by atoms with E-state index in [9.17, 15) is 9.18 Å². The van der Waals surface area contributed by atoms with E-state index in [2.05, 4.69) is 16.8 Å². The maximum absolute atomic E-state index is 13.3. The van der Waals surface area contributed by atoms with Crippen LogP contribution in [0.2, 0.25) is 0 Å². The van der Waals surface area contributed by atoms with Gasteiger partial charge in [0.15, 0.2) is 5.82 Å². The van der Waals surface area contributed by atoms with Gasteiger partial charge in [0.1, 0.15) is 5.82 Å². The van der Waals surface area contributed by atoms with Crippen LogP contribution < -0.4 is 5.84 Å². The first-order valence-electron chi connectivity index (χ1n) is 7.43. The minimum atomic E-state index is -0.377. The van der Waals surface area contributed by atoms with Crippen LogP contribution in [0.1, 0.15) is 13.8 Å². The van der Waals surface area contributed by atoms with Crippen molar-refractivity contribution in [3.05, 3.63) is 42.2 Å². The Kier molecular flexibility index (Phi) is 5.97. The van der Waals surface area contributed by atoms with Crippen LogP contribution >= 0.6 is 11.8 Å². The Morgan fingerprint density at radius 3 is 2.83 bits per heavy atom. The summed E-state index contributed by atoms with van der Waals surface area (Å²) in [6.07, 6.45) is 0. The molecule has 0 saturated carbocycles. The van der Waals surface area contributed by atoms with Gasteiger partial charge < -0.3 is 10.7 Å². The highest BCUT2D eigenvalue weighted by atomic mass is 32.2. The summed E-state index contributed by atoms with van der Waals surface area (Å²) in [5, 5.41) is 8.36. The Balaban J connectivity index is 2.06. The molecule has 0 fully saturated rings. The summed E-state index contributed by atoms with van der Waals surface area (Å²) in [4.78, 5) is 13.9. The highest BCUT2D eigenvalue weighted by Crippen LogP contribution is 2.22. The highest BCUT2D eigenvalue weighted by Gasteiger charge is 2.16. The van der Waals surface area contributed by atoms with Gasteiger partial charge in [-0.25, -0.2) is 9.07 Å². The third-order valence-electron chi connectivity index (χ3n) is 3.27. The molecule has 8 heteroatoms. The topological polar surface area (TPSA) is 77.0 Å². The molecule has 1 heterocycles. The number of aromatic nitrogens is 3. The van der Waals surface area contributed by atoms with E-state index < -0.39 is 0 Å². The molecule has 128 valence electrons. The molecule has 2 aromatic rings. The maximum Gasteiger partial charge on any atom is 0.233 e. The van der Waals surface area contributed by atoms with Crippen LogP contribution in [-0.2, 0) is 4.79 Å². The number of thioether (sulfide) groups is 1. The van der Waals surface area contributed by atoms with E-state index in [4.69, 9.17) is 5.84 Å². The molecule has 0 spiro atoms. The van der Waals surface area contributed by atoms with Crippen LogP contribution in [0.25, 0.3) is 11.4 Å². The summed E-state index contributed by atoms with van der Waals surface area (Å²) in [7, 11) is 0. The monoisotopic (exact) mass is 349 g/mol. The molecular weight excluding hydrogens is 329 g/mol. The second-order valence-corrected chi connectivity index (χ2v) is 6.28. The van der Waals surface area contributed by atoms with Gasteiger partial charge >= 0.3 is 0 Å². The van der Waals surface area contributed by atoms with Crippen LogP contribution in [0.3, 0.4) is 0 Å². The van der Waals surface area contributed by atoms with Crippen molar-refractivity contribution < 1.29 is 9.18 Å². The molecule has 0 aliphatic rings. The second-order valence-electron chi connectivity index (χ2n) is 5.34. The molecule has 2 rings (SSSR count). The first kappa shape index (κ1) is 18.0. The zero-order chi connectivity index (χ0) is 17.7. The number of hydrogen-bond acceptors (Lipinski definition) is 5. The van der Waals surface area contributed by atoms with Crippen LogP contribution in [0.5, 0.6) is 0 Å². The van der Waals surface area contributed by atoms with Gasteiger partial charge in [-0.2, -0.15) is 0 Å². The van der Waals surface area contributed by atoms with E-state index in [1.54, 1.807) is 17.0 Å². The molecule has 0 radical (unpaired) electrons. The first-order valence-corrected chi connectivity index (χ1v) is 8.42. The van der Waals surface area contributed by atoms with E-state index in [1.807, 2.05) is 13.8 Å². The molecular formula is C16H20FN5OS. The fraction of sp³-hybridized carbons (Fsp3) is 0.312. The SMILES string of the molecule is C=C(C)CN(CC)C(=O)CSc1nnc(-c2cccc(F)c2)n1N. The van der Waals surface area contributed by atoms with Crippen molar-refractivity contribution in [3.8, 4) is 11.4 Å². The molecule has 0 bridgehead atoms. The van der Waals surface area contributed by atoms with E-state index in [0.717, 1.165) is 5.57 Å². The average molecular weight is 349 g/mol. The fourth-order valence-corrected chi connectivity index (χ4v) is 2.88. The van der Waals surface area contributed by atoms with Gasteiger partial charge in [-0.15, -0.1) is 10.2 Å². The van der Waals surface area contributed by atoms with Crippen molar-refractivity contribution in [2.45, 2.75) is 19.0 Å². The molecule has 24 heavy (non-hydrogen) atoms. The van der Waals surface area contributed by atoms with E-state index in [0.29, 0.717) is 29.6 Å². The van der Waals surface area contributed by atoms with Crippen LogP contribution in [-0.4, -0.2) is 44.5 Å². The zero-order valence-electron chi connectivity index (χ0n) is 13.7. The number of amides is 1. The third kappa shape index (κ3) is 4.35. The van der Waals surface area contributed by atoms with Crippen molar-refractivity contribution in [2.75, 3.05) is 24.7 Å². The Bertz CT molecular complexity index is 746. The van der Waals surface area contributed by atoms with Crippen molar-refractivity contribution in [3.63, 3.8) is 0 Å². The molecule has 1 aromatic heterocycles. The van der Waals surface area contributed by atoms with Gasteiger partial charge in [-0.3, -0.25) is 4.79 Å². The third-order valence-corrected chi connectivity index (χ3v) is 4.20. The predicted molar refractivity (Wildman–Crippen MR) is 93.4 cm³/mol. The molecule has 0 saturated heterocycles. The Labute approximate surface area is 144 Å². The molecule has 0 aliphatic carbocycles. The van der Waals surface area contributed by atoms with E-state index >= 15 is 0 Å². The zero-order valence-corrected chi connectivity index (χ0v) is 14.5. The normalized spacial score (nSPS) is 10.6. The Morgan fingerprint density at radius 2 is 2.21 bits per heavy atom. The van der Waals surface area contributed by atoms with E-state index in [1.165, 1.54) is 28.6 Å². The summed E-state index contributed by atoms with van der Waals surface area (Å²) >= 11 is 1.20. The molecule has 1 amide bonds. The number of nitrogen functional groups attached to an aromatic ring is 1. The lowest BCUT2D eigenvalue weighted by Gasteiger charge is -2.20. The summed E-state index contributed by atoms with van der Waals surface area (Å²) in [5.74, 6) is 6.11. The number of nitrogens with two attached hydrogens (primary N) is 1. The van der Waals surface area contributed by atoms with Crippen molar-refractivity contribution in [1.29, 1.82) is 0 Å². The number of carbonyl (C=O) groups excluding carboxylic acids is 1. The van der Waals surface area contributed by atoms with Gasteiger partial charge in [-0.1, -0.05) is 36.0 Å². The number of carbonyl (C=O) groups is 1. The summed E-state index contributed by atoms with van der Waals surface area (Å²) < 4.78 is 14.6. The van der Waals surface area contributed by atoms with Gasteiger partial charge in [0.05, 0.1) is 5.75 Å². The highest BCUT2D eigenvalue weighted by molar-refractivity contribution is 7.99. The minimum absolute atomic E-state index is 0.0270. The summed E-state index contributed by atoms with van der Waals surface area (Å²) in [6.45, 7) is 8.75. The van der Waals surface area contributed by atoms with Gasteiger partial charge in [-0.05, 0) is 26.0 Å². The average Bonchev–Trinajstić information content (AvgIpc) is 2.91. The van der Waals surface area contributed by atoms with Crippen molar-refractivity contribution >= 4 is 17.7 Å². The smallest absolute Gasteiger partial charge is 0.233 e. The van der Waals surface area contributed by atoms with Crippen LogP contribution in [0.15, 0.2) is 41.6 Å². The standard InChI is InChI=1S/C16H20FN5OS/c1-4-21(9-11(2)3)14(23)10-24-16-20-19-15(22(16)18)12-6-5-7-13(17)8-12/h5-8H,2,4,9-10,18H2,1,3H3. The van der Waals surface area contributed by atoms with Gasteiger partial charge in [0.2, 0.25) is 11.1 Å². The lowest BCUT2D eigenvalue weighted by Crippen LogP contribution is -2.33. The number of benzene rings is 1. The lowest BCUT2D eigenvalue weighted by atomic mass is 10.2. The van der Waals surface area contributed by atoms with Gasteiger partial charge in [0.25, 0.3) is 0 Å². The summed E-state index contributed by atoms with van der Waals surface area (Å²) in [6, 6.07) is 5.95. The maximum atomic E-state index is 13.3. The number of nitrogens with zero attached hydrogens (tertiary/aromatic N) is 4. The number of rotatable bonds is 7. The lowest BCUT2D eigenvalue weighted by molar-refractivity contribution is -0.127. The summed E-state index contributed by atoms with van der Waals surface area (Å²) in [5.41, 5.74) is 1.45. The molecule has 0 unspecified atom stereocenters. The molecule has 6 nitrogen and oxygen atoms in total. The second kappa shape index (κ2) is 7.96.